The van der Waals surface area contributed by atoms with Gasteiger partial charge in [0.15, 0.2) is 0 Å². The lowest BCUT2D eigenvalue weighted by Crippen LogP contribution is -2.18. The fraction of sp³-hybridized carbons (Fsp3) is 0.609. The fourth-order valence-corrected chi connectivity index (χ4v) is 3.91. The quantitative estimate of drug-likeness (QED) is 0.473. The van der Waals surface area contributed by atoms with Gasteiger partial charge in [0.1, 0.15) is 6.61 Å². The molecule has 1 atom stereocenters. The average molecular weight is 375 g/mol. The fourth-order valence-electron chi connectivity index (χ4n) is 3.91. The summed E-state index contributed by atoms with van der Waals surface area (Å²) in [5.74, 6) is 0.657. The van der Waals surface area contributed by atoms with Crippen molar-refractivity contribution in [3.05, 3.63) is 47.5 Å². The van der Waals surface area contributed by atoms with Crippen molar-refractivity contribution in [2.24, 2.45) is 5.92 Å². The predicted molar refractivity (Wildman–Crippen MR) is 108 cm³/mol. The van der Waals surface area contributed by atoms with E-state index in [0.29, 0.717) is 5.92 Å². The molecular formula is C23H34O4. The van der Waals surface area contributed by atoms with Gasteiger partial charge in [-0.2, -0.15) is 0 Å². The van der Waals surface area contributed by atoms with Crippen molar-refractivity contribution in [2.45, 2.75) is 63.7 Å². The lowest BCUT2D eigenvalue weighted by Gasteiger charge is -2.29. The Hall–Kier alpha value is -1.65. The Morgan fingerprint density at radius 3 is 2.41 bits per heavy atom. The first-order chi connectivity index (χ1) is 13.1. The Kier molecular flexibility index (Phi) is 9.02. The van der Waals surface area contributed by atoms with Gasteiger partial charge in [0.2, 0.25) is 0 Å². The van der Waals surface area contributed by atoms with Gasteiger partial charge in [-0.3, -0.25) is 0 Å². The Morgan fingerprint density at radius 2 is 1.85 bits per heavy atom. The number of carbonyl (C=O) groups is 1. The van der Waals surface area contributed by atoms with E-state index in [0.717, 1.165) is 11.5 Å². The number of esters is 1. The normalized spacial score (nSPS) is 20.9. The summed E-state index contributed by atoms with van der Waals surface area (Å²) in [4.78, 5) is 11.6. The number of unbranched alkanes of at least 4 members (excludes halogenated alkanes) is 1. The average Bonchev–Trinajstić information content (AvgIpc) is 2.72. The van der Waals surface area contributed by atoms with Crippen molar-refractivity contribution in [1.82, 2.24) is 0 Å². The Morgan fingerprint density at radius 1 is 1.19 bits per heavy atom. The molecule has 27 heavy (non-hydrogen) atoms. The van der Waals surface area contributed by atoms with E-state index in [1.54, 1.807) is 0 Å². The number of hydrogen-bond acceptors (Lipinski definition) is 4. The summed E-state index contributed by atoms with van der Waals surface area (Å²) in [7, 11) is 0. The molecule has 150 valence electrons. The van der Waals surface area contributed by atoms with Crippen LogP contribution in [0.15, 0.2) is 36.4 Å². The molecule has 0 aliphatic heterocycles. The van der Waals surface area contributed by atoms with Gasteiger partial charge < -0.3 is 14.9 Å². The van der Waals surface area contributed by atoms with E-state index < -0.39 is 12.6 Å². The van der Waals surface area contributed by atoms with E-state index >= 15 is 0 Å². The van der Waals surface area contributed by atoms with Crippen LogP contribution in [0.3, 0.4) is 0 Å². The van der Waals surface area contributed by atoms with Gasteiger partial charge in [0, 0.05) is 5.92 Å². The number of carbonyl (C=O) groups excluding carboxylic acids is 1. The summed E-state index contributed by atoms with van der Waals surface area (Å²) in [6, 6.07) is 8.38. The van der Waals surface area contributed by atoms with Crippen LogP contribution in [-0.2, 0) is 9.53 Å². The SMILES string of the molecule is C=C(CO)C(=O)OCC(CO)c1ccc(C2CCC(CCCC)CC2)cc1. The number of benzene rings is 1. The van der Waals surface area contributed by atoms with Crippen LogP contribution in [-0.4, -0.2) is 36.0 Å². The summed E-state index contributed by atoms with van der Waals surface area (Å²) in [6.45, 7) is 5.27. The summed E-state index contributed by atoms with van der Waals surface area (Å²) in [5, 5.41) is 18.6. The smallest absolute Gasteiger partial charge is 0.335 e. The highest BCUT2D eigenvalue weighted by Crippen LogP contribution is 2.38. The summed E-state index contributed by atoms with van der Waals surface area (Å²) in [5.41, 5.74) is 2.35. The molecule has 0 heterocycles. The zero-order chi connectivity index (χ0) is 19.6. The van der Waals surface area contributed by atoms with Crippen molar-refractivity contribution in [3.63, 3.8) is 0 Å². The standard InChI is InChI=1S/C23H34O4/c1-3-4-5-18-6-8-19(9-7-18)20-10-12-21(13-11-20)22(15-25)16-27-23(26)17(2)14-24/h10-13,18-19,22,24-25H,2-9,14-16H2,1H3. The summed E-state index contributed by atoms with van der Waals surface area (Å²) in [6.07, 6.45) is 9.20. The zero-order valence-electron chi connectivity index (χ0n) is 16.5. The Balaban J connectivity index is 1.88. The van der Waals surface area contributed by atoms with Crippen LogP contribution in [0.5, 0.6) is 0 Å². The van der Waals surface area contributed by atoms with E-state index in [1.165, 1.54) is 50.5 Å². The van der Waals surface area contributed by atoms with Crippen LogP contribution < -0.4 is 0 Å². The number of aliphatic hydroxyl groups is 2. The van der Waals surface area contributed by atoms with Gasteiger partial charge in [-0.05, 0) is 48.6 Å². The number of aliphatic hydroxyl groups excluding tert-OH is 2. The number of hydrogen-bond donors (Lipinski definition) is 2. The monoisotopic (exact) mass is 374 g/mol. The minimum absolute atomic E-state index is 0.0246. The maximum Gasteiger partial charge on any atom is 0.335 e. The molecule has 1 aromatic carbocycles. The van der Waals surface area contributed by atoms with Crippen molar-refractivity contribution >= 4 is 5.97 Å². The molecule has 4 heteroatoms. The largest absolute Gasteiger partial charge is 0.462 e. The molecule has 0 radical (unpaired) electrons. The molecule has 4 nitrogen and oxygen atoms in total. The molecule has 0 aromatic heterocycles. The van der Waals surface area contributed by atoms with E-state index in [-0.39, 0.29) is 24.7 Å². The topological polar surface area (TPSA) is 66.8 Å². The first-order valence-electron chi connectivity index (χ1n) is 10.3. The molecule has 1 aromatic rings. The first-order valence-corrected chi connectivity index (χ1v) is 10.3. The molecule has 2 rings (SSSR count). The van der Waals surface area contributed by atoms with Crippen molar-refractivity contribution in [1.29, 1.82) is 0 Å². The molecule has 0 spiro atoms. The molecule has 1 saturated carbocycles. The minimum Gasteiger partial charge on any atom is -0.462 e. The van der Waals surface area contributed by atoms with Gasteiger partial charge in [0.25, 0.3) is 0 Å². The van der Waals surface area contributed by atoms with E-state index in [2.05, 4.69) is 25.6 Å². The molecule has 0 amide bonds. The number of rotatable bonds is 10. The first kappa shape index (κ1) is 21.6. The third-order valence-corrected chi connectivity index (χ3v) is 5.81. The molecule has 2 N–H and O–H groups in total. The summed E-state index contributed by atoms with van der Waals surface area (Å²) < 4.78 is 5.13. The Labute approximate surface area is 163 Å². The molecule has 1 fully saturated rings. The second-order valence-electron chi connectivity index (χ2n) is 7.77. The van der Waals surface area contributed by atoms with E-state index in [1.807, 2.05) is 12.1 Å². The van der Waals surface area contributed by atoms with Gasteiger partial charge in [-0.25, -0.2) is 4.79 Å². The molecular weight excluding hydrogens is 340 g/mol. The van der Waals surface area contributed by atoms with Crippen LogP contribution >= 0.6 is 0 Å². The van der Waals surface area contributed by atoms with E-state index in [4.69, 9.17) is 9.84 Å². The second kappa shape index (κ2) is 11.3. The van der Waals surface area contributed by atoms with Gasteiger partial charge in [-0.1, -0.05) is 57.0 Å². The maximum absolute atomic E-state index is 11.6. The zero-order valence-corrected chi connectivity index (χ0v) is 16.5. The van der Waals surface area contributed by atoms with E-state index in [9.17, 15) is 9.90 Å². The third kappa shape index (κ3) is 6.47. The highest BCUT2D eigenvalue weighted by atomic mass is 16.5. The second-order valence-corrected chi connectivity index (χ2v) is 7.77. The molecule has 1 aliphatic rings. The highest BCUT2D eigenvalue weighted by molar-refractivity contribution is 5.87. The maximum atomic E-state index is 11.6. The summed E-state index contributed by atoms with van der Waals surface area (Å²) >= 11 is 0. The van der Waals surface area contributed by atoms with Crippen LogP contribution in [0.1, 0.15) is 74.8 Å². The van der Waals surface area contributed by atoms with Gasteiger partial charge >= 0.3 is 5.97 Å². The van der Waals surface area contributed by atoms with Crippen molar-refractivity contribution in [3.8, 4) is 0 Å². The molecule has 0 bridgehead atoms. The van der Waals surface area contributed by atoms with Gasteiger partial charge in [0.05, 0.1) is 18.8 Å². The predicted octanol–water partition coefficient (Wildman–Crippen LogP) is 4.32. The highest BCUT2D eigenvalue weighted by Gasteiger charge is 2.22. The van der Waals surface area contributed by atoms with Crippen molar-refractivity contribution < 1.29 is 19.7 Å². The molecule has 1 unspecified atom stereocenters. The lowest BCUT2D eigenvalue weighted by atomic mass is 9.77. The van der Waals surface area contributed by atoms with Crippen LogP contribution in [0, 0.1) is 5.92 Å². The van der Waals surface area contributed by atoms with Gasteiger partial charge in [-0.15, -0.1) is 0 Å². The molecule has 1 aliphatic carbocycles. The van der Waals surface area contributed by atoms with Crippen LogP contribution in [0.2, 0.25) is 0 Å². The van der Waals surface area contributed by atoms with Crippen LogP contribution in [0.4, 0.5) is 0 Å². The Bertz CT molecular complexity index is 585. The number of ether oxygens (including phenoxy) is 1. The van der Waals surface area contributed by atoms with Crippen molar-refractivity contribution in [2.75, 3.05) is 19.8 Å². The minimum atomic E-state index is -0.618. The van der Waals surface area contributed by atoms with Crippen LogP contribution in [0.25, 0.3) is 0 Å². The third-order valence-electron chi connectivity index (χ3n) is 5.81. The lowest BCUT2D eigenvalue weighted by molar-refractivity contribution is -0.140. The molecule has 0 saturated heterocycles.